The van der Waals surface area contributed by atoms with Crippen LogP contribution in [0.1, 0.15) is 24.5 Å². The number of aliphatic hydroxyl groups excluding tert-OH is 1. The highest BCUT2D eigenvalue weighted by Crippen LogP contribution is 2.31. The second kappa shape index (κ2) is 4.77. The second-order valence-corrected chi connectivity index (χ2v) is 4.00. The van der Waals surface area contributed by atoms with Gasteiger partial charge in [0, 0.05) is 24.7 Å². The summed E-state index contributed by atoms with van der Waals surface area (Å²) in [5.74, 6) is -0.668. The highest BCUT2D eigenvalue weighted by molar-refractivity contribution is 5.35. The lowest BCUT2D eigenvalue weighted by molar-refractivity contribution is -0.385. The number of hydrogen-bond acceptors (Lipinski definition) is 4. The van der Waals surface area contributed by atoms with Crippen molar-refractivity contribution in [1.29, 1.82) is 0 Å². The van der Waals surface area contributed by atoms with E-state index in [1.54, 1.807) is 0 Å². The molecule has 5 nitrogen and oxygen atoms in total. The van der Waals surface area contributed by atoms with Gasteiger partial charge in [-0.05, 0) is 12.5 Å². The largest absolute Gasteiger partial charge is 0.393 e. The molecule has 0 aromatic heterocycles. The number of aliphatic hydroxyl groups is 1. The van der Waals surface area contributed by atoms with Crippen molar-refractivity contribution in [2.75, 3.05) is 6.61 Å². The van der Waals surface area contributed by atoms with Gasteiger partial charge in [-0.3, -0.25) is 10.1 Å². The number of rotatable bonds is 2. The first-order valence-electron chi connectivity index (χ1n) is 5.31. The Morgan fingerprint density at radius 2 is 2.29 bits per heavy atom. The van der Waals surface area contributed by atoms with E-state index < -0.39 is 22.9 Å². The predicted molar refractivity (Wildman–Crippen MR) is 57.0 cm³/mol. The molecule has 1 heterocycles. The Kier molecular flexibility index (Phi) is 3.35. The summed E-state index contributed by atoms with van der Waals surface area (Å²) in [6.45, 7) is 0.363. The van der Waals surface area contributed by atoms with Crippen molar-refractivity contribution in [3.63, 3.8) is 0 Å². The Hall–Kier alpha value is -1.53. The van der Waals surface area contributed by atoms with Crippen molar-refractivity contribution in [3.05, 3.63) is 39.7 Å². The molecular formula is C11H12FNO4. The molecule has 0 aliphatic carbocycles. The maximum Gasteiger partial charge on any atom is 0.272 e. The molecule has 1 saturated heterocycles. The number of non-ortho nitro benzene ring substituents is 1. The van der Waals surface area contributed by atoms with E-state index in [4.69, 9.17) is 4.74 Å². The molecule has 6 heteroatoms. The van der Waals surface area contributed by atoms with Gasteiger partial charge < -0.3 is 9.84 Å². The number of hydrogen-bond donors (Lipinski definition) is 1. The molecule has 1 aliphatic heterocycles. The normalized spacial score (nSPS) is 24.6. The van der Waals surface area contributed by atoms with E-state index in [1.807, 2.05) is 0 Å². The third-order valence-electron chi connectivity index (χ3n) is 2.80. The molecule has 2 unspecified atom stereocenters. The molecule has 1 fully saturated rings. The van der Waals surface area contributed by atoms with Gasteiger partial charge >= 0.3 is 0 Å². The minimum atomic E-state index is -0.668. The summed E-state index contributed by atoms with van der Waals surface area (Å²) in [4.78, 5) is 9.81. The zero-order chi connectivity index (χ0) is 12.4. The van der Waals surface area contributed by atoms with Gasteiger partial charge in [-0.1, -0.05) is 0 Å². The lowest BCUT2D eigenvalue weighted by Gasteiger charge is -2.26. The number of ether oxygens (including phenoxy) is 1. The fourth-order valence-corrected chi connectivity index (χ4v) is 1.89. The minimum absolute atomic E-state index is 0.259. The fraction of sp³-hybridized carbons (Fsp3) is 0.455. The van der Waals surface area contributed by atoms with Crippen LogP contribution in [0.2, 0.25) is 0 Å². The van der Waals surface area contributed by atoms with Crippen LogP contribution in [0.3, 0.4) is 0 Å². The maximum absolute atomic E-state index is 13.7. The molecular weight excluding hydrogens is 229 g/mol. The Morgan fingerprint density at radius 1 is 1.53 bits per heavy atom. The topological polar surface area (TPSA) is 72.6 Å². The lowest BCUT2D eigenvalue weighted by atomic mass is 9.99. The van der Waals surface area contributed by atoms with E-state index in [0.717, 1.165) is 6.07 Å². The number of halogens is 1. The molecule has 1 aromatic carbocycles. The molecule has 1 N–H and O–H groups in total. The Balaban J connectivity index is 2.23. The quantitative estimate of drug-likeness (QED) is 0.634. The summed E-state index contributed by atoms with van der Waals surface area (Å²) in [6.07, 6.45) is -0.192. The number of nitro benzene ring substituents is 1. The summed E-state index contributed by atoms with van der Waals surface area (Å²) in [7, 11) is 0. The molecule has 0 radical (unpaired) electrons. The summed E-state index contributed by atoms with van der Waals surface area (Å²) in [5.41, 5.74) is -0.0306. The number of benzene rings is 1. The van der Waals surface area contributed by atoms with Crippen LogP contribution >= 0.6 is 0 Å². The molecule has 0 bridgehead atoms. The summed E-state index contributed by atoms with van der Waals surface area (Å²) in [5, 5.41) is 19.9. The van der Waals surface area contributed by atoms with Crippen molar-refractivity contribution in [3.8, 4) is 0 Å². The van der Waals surface area contributed by atoms with Crippen LogP contribution in [-0.2, 0) is 4.74 Å². The zero-order valence-electron chi connectivity index (χ0n) is 9.01. The van der Waals surface area contributed by atoms with E-state index >= 15 is 0 Å². The van der Waals surface area contributed by atoms with Crippen molar-refractivity contribution in [2.45, 2.75) is 25.0 Å². The van der Waals surface area contributed by atoms with Gasteiger partial charge in [0.15, 0.2) is 0 Å². The van der Waals surface area contributed by atoms with Crippen LogP contribution in [-0.4, -0.2) is 22.7 Å². The molecule has 2 atom stereocenters. The lowest BCUT2D eigenvalue weighted by Crippen LogP contribution is -2.24. The average molecular weight is 241 g/mol. The van der Waals surface area contributed by atoms with Gasteiger partial charge in [0.1, 0.15) is 5.82 Å². The van der Waals surface area contributed by atoms with Crippen LogP contribution in [0.4, 0.5) is 10.1 Å². The summed E-state index contributed by atoms with van der Waals surface area (Å²) in [6, 6.07) is 3.46. The first-order chi connectivity index (χ1) is 8.08. The molecule has 17 heavy (non-hydrogen) atoms. The fourth-order valence-electron chi connectivity index (χ4n) is 1.89. The van der Waals surface area contributed by atoms with Crippen LogP contribution in [0.5, 0.6) is 0 Å². The van der Waals surface area contributed by atoms with Gasteiger partial charge in [0.25, 0.3) is 5.69 Å². The van der Waals surface area contributed by atoms with Gasteiger partial charge in [0.05, 0.1) is 23.2 Å². The van der Waals surface area contributed by atoms with Gasteiger partial charge in [-0.25, -0.2) is 4.39 Å². The minimum Gasteiger partial charge on any atom is -0.393 e. The monoisotopic (exact) mass is 241 g/mol. The molecule has 0 amide bonds. The second-order valence-electron chi connectivity index (χ2n) is 4.00. The third kappa shape index (κ3) is 2.59. The summed E-state index contributed by atoms with van der Waals surface area (Å²) >= 11 is 0. The van der Waals surface area contributed by atoms with E-state index in [-0.39, 0.29) is 11.3 Å². The molecule has 1 aromatic rings. The van der Waals surface area contributed by atoms with Crippen molar-refractivity contribution in [2.24, 2.45) is 0 Å². The van der Waals surface area contributed by atoms with E-state index in [0.29, 0.717) is 19.4 Å². The molecule has 0 saturated carbocycles. The van der Waals surface area contributed by atoms with Crippen LogP contribution in [0.25, 0.3) is 0 Å². The molecule has 0 spiro atoms. The molecule has 92 valence electrons. The van der Waals surface area contributed by atoms with Gasteiger partial charge in [-0.15, -0.1) is 0 Å². The first-order valence-corrected chi connectivity index (χ1v) is 5.31. The maximum atomic E-state index is 13.7. The van der Waals surface area contributed by atoms with Crippen LogP contribution < -0.4 is 0 Å². The Morgan fingerprint density at radius 3 is 2.88 bits per heavy atom. The van der Waals surface area contributed by atoms with E-state index in [9.17, 15) is 19.6 Å². The summed E-state index contributed by atoms with van der Waals surface area (Å²) < 4.78 is 19.0. The van der Waals surface area contributed by atoms with Crippen molar-refractivity contribution < 1.29 is 19.2 Å². The van der Waals surface area contributed by atoms with Gasteiger partial charge in [0.2, 0.25) is 0 Å². The Bertz CT molecular complexity index is 437. The molecule has 2 rings (SSSR count). The van der Waals surface area contributed by atoms with E-state index in [1.165, 1.54) is 12.1 Å². The predicted octanol–water partition coefficient (Wildman–Crippen LogP) is 1.95. The van der Waals surface area contributed by atoms with E-state index in [2.05, 4.69) is 0 Å². The number of nitrogens with zero attached hydrogens (tertiary/aromatic N) is 1. The average Bonchev–Trinajstić information content (AvgIpc) is 2.28. The number of nitro groups is 1. The highest BCUT2D eigenvalue weighted by atomic mass is 19.1. The van der Waals surface area contributed by atoms with Crippen molar-refractivity contribution >= 4 is 5.69 Å². The Labute approximate surface area is 97.0 Å². The first kappa shape index (κ1) is 11.9. The van der Waals surface area contributed by atoms with Crippen molar-refractivity contribution in [1.82, 2.24) is 0 Å². The standard InChI is InChI=1S/C11H12FNO4/c12-10-5-7(13(15)16)1-2-9(10)11-6-8(14)3-4-17-11/h1-2,5,8,11,14H,3-4,6H2. The third-order valence-corrected chi connectivity index (χ3v) is 2.80. The zero-order valence-corrected chi connectivity index (χ0v) is 9.01. The van der Waals surface area contributed by atoms with Crippen LogP contribution in [0, 0.1) is 15.9 Å². The SMILES string of the molecule is O=[N+]([O-])c1ccc(C2CC(O)CCO2)c(F)c1. The smallest absolute Gasteiger partial charge is 0.272 e. The van der Waals surface area contributed by atoms with Gasteiger partial charge in [-0.2, -0.15) is 0 Å². The highest BCUT2D eigenvalue weighted by Gasteiger charge is 2.25. The van der Waals surface area contributed by atoms with Crippen LogP contribution in [0.15, 0.2) is 18.2 Å². The molecule has 1 aliphatic rings.